The summed E-state index contributed by atoms with van der Waals surface area (Å²) in [6, 6.07) is 21.3. The first-order valence-electron chi connectivity index (χ1n) is 9.62. The van der Waals surface area contributed by atoms with Crippen molar-refractivity contribution in [3.05, 3.63) is 89.3 Å². The summed E-state index contributed by atoms with van der Waals surface area (Å²) in [7, 11) is 0. The number of hydrazone groups is 1. The van der Waals surface area contributed by atoms with Gasteiger partial charge in [0.15, 0.2) is 11.0 Å². The number of carbonyl (C=O) groups is 1. The largest absolute Gasteiger partial charge is 0.465 e. The summed E-state index contributed by atoms with van der Waals surface area (Å²) in [4.78, 5) is 12.2. The minimum atomic E-state index is -0.245. The zero-order chi connectivity index (χ0) is 22.2. The molecule has 7 nitrogen and oxygen atoms in total. The Hall–Kier alpha value is -3.43. The van der Waals surface area contributed by atoms with Gasteiger partial charge < -0.3 is 4.42 Å². The van der Waals surface area contributed by atoms with E-state index in [2.05, 4.69) is 36.7 Å². The number of rotatable bonds is 8. The summed E-state index contributed by atoms with van der Waals surface area (Å²) >= 11 is 4.75. The Kier molecular flexibility index (Phi) is 7.31. The third-order valence-corrected chi connectivity index (χ3v) is 5.69. The fourth-order valence-corrected chi connectivity index (χ4v) is 3.81. The van der Waals surface area contributed by atoms with Crippen molar-refractivity contribution in [2.24, 2.45) is 5.10 Å². The van der Waals surface area contributed by atoms with Gasteiger partial charge in [-0.1, -0.05) is 58.0 Å². The van der Waals surface area contributed by atoms with Crippen molar-refractivity contribution in [1.82, 2.24) is 20.2 Å². The normalized spacial score (nSPS) is 11.4. The van der Waals surface area contributed by atoms with Crippen LogP contribution >= 0.6 is 27.7 Å². The molecule has 0 aliphatic carbocycles. The van der Waals surface area contributed by atoms with Gasteiger partial charge in [0.2, 0.25) is 0 Å². The summed E-state index contributed by atoms with van der Waals surface area (Å²) in [5, 5.41) is 13.2. The fraction of sp³-hybridized carbons (Fsp3) is 0.0435. The van der Waals surface area contributed by atoms with E-state index in [1.54, 1.807) is 24.5 Å². The molecule has 0 bridgehead atoms. The Labute approximate surface area is 197 Å². The van der Waals surface area contributed by atoms with Gasteiger partial charge in [0.05, 0.1) is 12.0 Å². The Morgan fingerprint density at radius 1 is 1.09 bits per heavy atom. The number of benzene rings is 2. The molecule has 1 amide bonds. The van der Waals surface area contributed by atoms with E-state index in [0.29, 0.717) is 16.7 Å². The second kappa shape index (κ2) is 10.7. The maximum Gasteiger partial charge on any atom is 0.250 e. The highest BCUT2D eigenvalue weighted by atomic mass is 79.9. The van der Waals surface area contributed by atoms with Gasteiger partial charge in [-0.3, -0.25) is 9.36 Å². The number of carbonyl (C=O) groups excluding carboxylic acids is 1. The van der Waals surface area contributed by atoms with Gasteiger partial charge in [0.25, 0.3) is 5.91 Å². The monoisotopic (exact) mass is 507 g/mol. The first kappa shape index (κ1) is 21.8. The van der Waals surface area contributed by atoms with Gasteiger partial charge in [0.1, 0.15) is 5.76 Å². The third kappa shape index (κ3) is 5.63. The molecule has 0 aliphatic heterocycles. The maximum absolute atomic E-state index is 12.2. The van der Waals surface area contributed by atoms with E-state index in [0.717, 1.165) is 15.7 Å². The lowest BCUT2D eigenvalue weighted by atomic mass is 10.2. The lowest BCUT2D eigenvalue weighted by molar-refractivity contribution is -0.118. The number of thioether (sulfide) groups is 1. The van der Waals surface area contributed by atoms with Crippen LogP contribution in [0.3, 0.4) is 0 Å². The van der Waals surface area contributed by atoms with Crippen molar-refractivity contribution < 1.29 is 9.21 Å². The molecule has 4 rings (SSSR count). The average molecular weight is 508 g/mol. The average Bonchev–Trinajstić information content (AvgIpc) is 3.48. The Morgan fingerprint density at radius 3 is 2.66 bits per heavy atom. The molecule has 4 aromatic rings. The van der Waals surface area contributed by atoms with Gasteiger partial charge in [0, 0.05) is 21.9 Å². The topological polar surface area (TPSA) is 85.3 Å². The molecule has 32 heavy (non-hydrogen) atoms. The molecule has 160 valence electrons. The van der Waals surface area contributed by atoms with E-state index in [1.807, 2.05) is 65.2 Å². The van der Waals surface area contributed by atoms with E-state index in [1.165, 1.54) is 18.0 Å². The first-order chi connectivity index (χ1) is 15.7. The smallest absolute Gasteiger partial charge is 0.250 e. The number of nitrogens with one attached hydrogen (secondary N) is 1. The molecular formula is C23H18BrN5O2S. The van der Waals surface area contributed by atoms with E-state index >= 15 is 0 Å². The Bertz CT molecular complexity index is 1220. The summed E-state index contributed by atoms with van der Waals surface area (Å²) in [6.45, 7) is 0. The van der Waals surface area contributed by atoms with Crippen molar-refractivity contribution in [1.29, 1.82) is 0 Å². The molecule has 0 spiro atoms. The standard InChI is InChI=1S/C23H18BrN5O2S/c24-18-12-10-17(11-13-18)22-27-28-23(29(22)19-6-2-1-3-7-19)32-16-21(30)26-25-14-4-8-20-9-5-15-31-20/h1-15H,16H2,(H,26,30)/b8-4-,25-14+. The minimum absolute atomic E-state index is 0.143. The highest BCUT2D eigenvalue weighted by Crippen LogP contribution is 2.28. The summed E-state index contributed by atoms with van der Waals surface area (Å²) < 4.78 is 8.10. The highest BCUT2D eigenvalue weighted by Gasteiger charge is 2.17. The van der Waals surface area contributed by atoms with Crippen LogP contribution in [0, 0.1) is 0 Å². The molecule has 0 aliphatic rings. The molecule has 2 heterocycles. The molecule has 0 atom stereocenters. The number of aromatic nitrogens is 3. The fourth-order valence-electron chi connectivity index (χ4n) is 2.80. The number of allylic oxidation sites excluding steroid dienone is 1. The summed E-state index contributed by atoms with van der Waals surface area (Å²) in [5.74, 6) is 1.31. The molecule has 0 radical (unpaired) electrons. The summed E-state index contributed by atoms with van der Waals surface area (Å²) in [6.07, 6.45) is 6.51. The van der Waals surface area contributed by atoms with Crippen LogP contribution in [0.2, 0.25) is 0 Å². The summed E-state index contributed by atoms with van der Waals surface area (Å²) in [5.41, 5.74) is 4.34. The number of nitrogens with zero attached hydrogens (tertiary/aromatic N) is 4. The van der Waals surface area contributed by atoms with Crippen LogP contribution in [0.4, 0.5) is 0 Å². The van der Waals surface area contributed by atoms with Gasteiger partial charge in [-0.05, 0) is 48.6 Å². The number of hydrogen-bond donors (Lipinski definition) is 1. The molecule has 2 aromatic heterocycles. The van der Waals surface area contributed by atoms with Crippen LogP contribution in [-0.4, -0.2) is 32.6 Å². The zero-order valence-corrected chi connectivity index (χ0v) is 19.2. The van der Waals surface area contributed by atoms with Crippen LogP contribution in [0.25, 0.3) is 23.2 Å². The Balaban J connectivity index is 1.45. The van der Waals surface area contributed by atoms with E-state index in [4.69, 9.17) is 4.42 Å². The van der Waals surface area contributed by atoms with Crippen LogP contribution in [0.1, 0.15) is 5.76 Å². The van der Waals surface area contributed by atoms with Crippen LogP contribution in [0.15, 0.2) is 98.2 Å². The van der Waals surface area contributed by atoms with Crippen molar-refractivity contribution in [2.45, 2.75) is 5.16 Å². The van der Waals surface area contributed by atoms with Gasteiger partial charge >= 0.3 is 0 Å². The number of hydrogen-bond acceptors (Lipinski definition) is 6. The Morgan fingerprint density at radius 2 is 1.91 bits per heavy atom. The lowest BCUT2D eigenvalue weighted by Crippen LogP contribution is -2.19. The van der Waals surface area contributed by atoms with Crippen LogP contribution in [0.5, 0.6) is 0 Å². The van der Waals surface area contributed by atoms with E-state index in [9.17, 15) is 4.79 Å². The maximum atomic E-state index is 12.2. The number of furan rings is 1. The number of para-hydroxylation sites is 1. The predicted molar refractivity (Wildman–Crippen MR) is 130 cm³/mol. The second-order valence-electron chi connectivity index (χ2n) is 6.46. The van der Waals surface area contributed by atoms with Gasteiger partial charge in [-0.15, -0.1) is 10.2 Å². The molecule has 0 unspecified atom stereocenters. The molecule has 1 N–H and O–H groups in total. The van der Waals surface area contributed by atoms with Crippen LogP contribution < -0.4 is 5.43 Å². The number of amides is 1. The van der Waals surface area contributed by atoms with Crippen molar-refractivity contribution in [3.63, 3.8) is 0 Å². The van der Waals surface area contributed by atoms with Crippen LogP contribution in [-0.2, 0) is 4.79 Å². The second-order valence-corrected chi connectivity index (χ2v) is 8.32. The molecular weight excluding hydrogens is 490 g/mol. The van der Waals surface area contributed by atoms with E-state index < -0.39 is 0 Å². The van der Waals surface area contributed by atoms with E-state index in [-0.39, 0.29) is 11.7 Å². The third-order valence-electron chi connectivity index (χ3n) is 4.24. The first-order valence-corrected chi connectivity index (χ1v) is 11.4. The van der Waals surface area contributed by atoms with Crippen molar-refractivity contribution >= 4 is 45.9 Å². The lowest BCUT2D eigenvalue weighted by Gasteiger charge is -2.10. The van der Waals surface area contributed by atoms with Gasteiger partial charge in [-0.2, -0.15) is 5.10 Å². The molecule has 0 saturated heterocycles. The predicted octanol–water partition coefficient (Wildman–Crippen LogP) is 5.20. The molecule has 9 heteroatoms. The van der Waals surface area contributed by atoms with Gasteiger partial charge in [-0.25, -0.2) is 5.43 Å². The quantitative estimate of drug-likeness (QED) is 0.201. The van der Waals surface area contributed by atoms with Crippen molar-refractivity contribution in [2.75, 3.05) is 5.75 Å². The number of halogens is 1. The zero-order valence-electron chi connectivity index (χ0n) is 16.8. The van der Waals surface area contributed by atoms with Crippen molar-refractivity contribution in [3.8, 4) is 17.1 Å². The SMILES string of the molecule is O=C(CSc1nnc(-c2ccc(Br)cc2)n1-c1ccccc1)N/N=C/C=C\c1ccco1. The minimum Gasteiger partial charge on any atom is -0.465 e. The molecule has 2 aromatic carbocycles. The molecule has 0 fully saturated rings. The highest BCUT2D eigenvalue weighted by molar-refractivity contribution is 9.10. The molecule has 0 saturated carbocycles.